The van der Waals surface area contributed by atoms with Crippen LogP contribution >= 0.6 is 0 Å². The summed E-state index contributed by atoms with van der Waals surface area (Å²) in [7, 11) is -2.43. The Morgan fingerprint density at radius 1 is 1.22 bits per heavy atom. The van der Waals surface area contributed by atoms with E-state index in [-0.39, 0.29) is 17.3 Å². The number of anilines is 1. The second-order valence-corrected chi connectivity index (χ2v) is 8.15. The molecular formula is C18H20N2O6S. The Bertz CT molecular complexity index is 906. The van der Waals surface area contributed by atoms with Gasteiger partial charge in [-0.1, -0.05) is 0 Å². The number of hydrogen-bond acceptors (Lipinski definition) is 6. The summed E-state index contributed by atoms with van der Waals surface area (Å²) in [5.41, 5.74) is 0.833. The van der Waals surface area contributed by atoms with E-state index < -0.39 is 21.9 Å². The minimum absolute atomic E-state index is 0.105. The molecule has 2 heterocycles. The molecule has 1 aromatic heterocycles. The van der Waals surface area contributed by atoms with Gasteiger partial charge in [0.05, 0.1) is 29.7 Å². The molecule has 1 aliphatic heterocycles. The Morgan fingerprint density at radius 2 is 1.96 bits per heavy atom. The maximum absolute atomic E-state index is 12.8. The third-order valence-corrected chi connectivity index (χ3v) is 6.33. The molecule has 27 heavy (non-hydrogen) atoms. The van der Waals surface area contributed by atoms with Crippen molar-refractivity contribution in [1.29, 1.82) is 0 Å². The van der Waals surface area contributed by atoms with Gasteiger partial charge < -0.3 is 14.5 Å². The first-order valence-corrected chi connectivity index (χ1v) is 9.87. The summed E-state index contributed by atoms with van der Waals surface area (Å²) in [6.45, 7) is 0.461. The summed E-state index contributed by atoms with van der Waals surface area (Å²) >= 11 is 0. The molecule has 9 heteroatoms. The largest absolute Gasteiger partial charge is 0.472 e. The summed E-state index contributed by atoms with van der Waals surface area (Å²) < 4.78 is 36.6. The van der Waals surface area contributed by atoms with Gasteiger partial charge in [-0.2, -0.15) is 4.31 Å². The second kappa shape index (κ2) is 7.93. The number of rotatable bonds is 5. The quantitative estimate of drug-likeness (QED) is 0.781. The number of piperidine rings is 1. The molecule has 0 spiro atoms. The smallest absolute Gasteiger partial charge is 0.309 e. The van der Waals surface area contributed by atoms with Crippen LogP contribution in [0.15, 0.2) is 52.2 Å². The number of ether oxygens (including phenoxy) is 1. The average molecular weight is 392 g/mol. The zero-order chi connectivity index (χ0) is 19.4. The van der Waals surface area contributed by atoms with Crippen molar-refractivity contribution >= 4 is 27.6 Å². The highest BCUT2D eigenvalue weighted by molar-refractivity contribution is 7.89. The molecule has 0 aliphatic carbocycles. The van der Waals surface area contributed by atoms with Crippen LogP contribution in [-0.4, -0.2) is 44.8 Å². The van der Waals surface area contributed by atoms with Crippen molar-refractivity contribution in [3.05, 3.63) is 48.4 Å². The lowest BCUT2D eigenvalue weighted by Crippen LogP contribution is -2.42. The molecule has 0 saturated carbocycles. The number of nitrogens with zero attached hydrogens (tertiary/aromatic N) is 1. The van der Waals surface area contributed by atoms with E-state index in [1.165, 1.54) is 54.3 Å². The van der Waals surface area contributed by atoms with Crippen LogP contribution < -0.4 is 5.32 Å². The number of amides is 1. The Morgan fingerprint density at radius 3 is 2.59 bits per heavy atom. The maximum Gasteiger partial charge on any atom is 0.309 e. The van der Waals surface area contributed by atoms with Crippen LogP contribution in [0, 0.1) is 5.92 Å². The molecule has 8 nitrogen and oxygen atoms in total. The highest BCUT2D eigenvalue weighted by Gasteiger charge is 2.33. The van der Waals surface area contributed by atoms with Gasteiger partial charge in [-0.05, 0) is 43.2 Å². The van der Waals surface area contributed by atoms with Gasteiger partial charge in [0.25, 0.3) is 5.91 Å². The number of methoxy groups -OCH3 is 1. The van der Waals surface area contributed by atoms with E-state index >= 15 is 0 Å². The summed E-state index contributed by atoms with van der Waals surface area (Å²) in [5, 5.41) is 2.66. The van der Waals surface area contributed by atoms with Crippen LogP contribution in [-0.2, 0) is 19.6 Å². The van der Waals surface area contributed by atoms with Crippen molar-refractivity contribution in [2.75, 3.05) is 25.5 Å². The molecule has 1 aromatic carbocycles. The van der Waals surface area contributed by atoms with Crippen molar-refractivity contribution in [2.24, 2.45) is 5.92 Å². The molecule has 0 bridgehead atoms. The predicted molar refractivity (Wildman–Crippen MR) is 96.6 cm³/mol. The maximum atomic E-state index is 12.8. The highest BCUT2D eigenvalue weighted by Crippen LogP contribution is 2.25. The number of sulfonamides is 1. The lowest BCUT2D eigenvalue weighted by molar-refractivity contribution is -0.146. The number of furan rings is 1. The van der Waals surface area contributed by atoms with Crippen LogP contribution in [0.1, 0.15) is 23.2 Å². The van der Waals surface area contributed by atoms with E-state index in [4.69, 9.17) is 9.15 Å². The fourth-order valence-corrected chi connectivity index (χ4v) is 4.50. The molecule has 0 unspecified atom stereocenters. The zero-order valence-corrected chi connectivity index (χ0v) is 15.6. The SMILES string of the molecule is COC(=O)[C@H]1CCCN(S(=O)(=O)c2ccc(NC(=O)c3ccoc3)cc2)C1. The molecule has 144 valence electrons. The highest BCUT2D eigenvalue weighted by atomic mass is 32.2. The molecule has 1 N–H and O–H groups in total. The minimum atomic E-state index is -3.73. The van der Waals surface area contributed by atoms with Crippen LogP contribution in [0.25, 0.3) is 0 Å². The van der Waals surface area contributed by atoms with E-state index in [1.54, 1.807) is 0 Å². The van der Waals surface area contributed by atoms with E-state index in [9.17, 15) is 18.0 Å². The van der Waals surface area contributed by atoms with Gasteiger partial charge in [-0.15, -0.1) is 0 Å². The van der Waals surface area contributed by atoms with Crippen LogP contribution in [0.2, 0.25) is 0 Å². The number of hydrogen-bond donors (Lipinski definition) is 1. The number of carbonyl (C=O) groups is 2. The topological polar surface area (TPSA) is 106 Å². The summed E-state index contributed by atoms with van der Waals surface area (Å²) in [6.07, 6.45) is 3.92. The van der Waals surface area contributed by atoms with Crippen LogP contribution in [0.3, 0.4) is 0 Å². The van der Waals surface area contributed by atoms with Crippen molar-refractivity contribution in [1.82, 2.24) is 4.31 Å². The first-order chi connectivity index (χ1) is 12.9. The van der Waals surface area contributed by atoms with Gasteiger partial charge in [0.15, 0.2) is 0 Å². The Balaban J connectivity index is 1.71. The third kappa shape index (κ3) is 4.20. The molecule has 1 fully saturated rings. The first kappa shape index (κ1) is 19.1. The summed E-state index contributed by atoms with van der Waals surface area (Å²) in [4.78, 5) is 23.8. The van der Waals surface area contributed by atoms with Crippen molar-refractivity contribution < 1.29 is 27.2 Å². The molecule has 1 atom stereocenters. The molecule has 1 amide bonds. The van der Waals surface area contributed by atoms with Crippen molar-refractivity contribution in [2.45, 2.75) is 17.7 Å². The van der Waals surface area contributed by atoms with Gasteiger partial charge in [-0.3, -0.25) is 9.59 Å². The van der Waals surface area contributed by atoms with Crippen molar-refractivity contribution in [3.8, 4) is 0 Å². The molecule has 0 radical (unpaired) electrons. The van der Waals surface area contributed by atoms with Gasteiger partial charge in [-0.25, -0.2) is 8.42 Å². The Hall–Kier alpha value is -2.65. The summed E-state index contributed by atoms with van der Waals surface area (Å²) in [6, 6.07) is 7.44. The van der Waals surface area contributed by atoms with E-state index in [0.717, 1.165) is 0 Å². The minimum Gasteiger partial charge on any atom is -0.472 e. The number of esters is 1. The van der Waals surface area contributed by atoms with Gasteiger partial charge in [0.1, 0.15) is 6.26 Å². The lowest BCUT2D eigenvalue weighted by Gasteiger charge is -2.30. The van der Waals surface area contributed by atoms with E-state index in [1.807, 2.05) is 0 Å². The molecule has 1 saturated heterocycles. The monoisotopic (exact) mass is 392 g/mol. The molecule has 1 aliphatic rings. The number of carbonyl (C=O) groups excluding carboxylic acids is 2. The normalized spacial score (nSPS) is 18.0. The van der Waals surface area contributed by atoms with Gasteiger partial charge in [0, 0.05) is 18.8 Å². The number of benzene rings is 1. The van der Waals surface area contributed by atoms with Crippen molar-refractivity contribution in [3.63, 3.8) is 0 Å². The molecule has 3 rings (SSSR count). The predicted octanol–water partition coefficient (Wildman–Crippen LogP) is 2.11. The zero-order valence-electron chi connectivity index (χ0n) is 14.8. The average Bonchev–Trinajstić information content (AvgIpc) is 3.23. The fraction of sp³-hybridized carbons (Fsp3) is 0.333. The molecule has 2 aromatic rings. The third-order valence-electron chi connectivity index (χ3n) is 4.45. The molecular weight excluding hydrogens is 372 g/mol. The van der Waals surface area contributed by atoms with Crippen LogP contribution in [0.4, 0.5) is 5.69 Å². The lowest BCUT2D eigenvalue weighted by atomic mass is 10.0. The Kier molecular flexibility index (Phi) is 5.62. The first-order valence-electron chi connectivity index (χ1n) is 8.43. The van der Waals surface area contributed by atoms with E-state index in [0.29, 0.717) is 30.6 Å². The van der Waals surface area contributed by atoms with Crippen LogP contribution in [0.5, 0.6) is 0 Å². The van der Waals surface area contributed by atoms with Gasteiger partial charge >= 0.3 is 5.97 Å². The second-order valence-electron chi connectivity index (χ2n) is 6.22. The number of nitrogens with one attached hydrogen (secondary N) is 1. The standard InChI is InChI=1S/C18H20N2O6S/c1-25-18(22)13-3-2-9-20(11-13)27(23,24)16-6-4-15(5-7-16)19-17(21)14-8-10-26-12-14/h4-8,10,12-13H,2-3,9,11H2,1H3,(H,19,21)/t13-/m0/s1. The van der Waals surface area contributed by atoms with Gasteiger partial charge in [0.2, 0.25) is 10.0 Å². The summed E-state index contributed by atoms with van der Waals surface area (Å²) in [5.74, 6) is -1.20. The Labute approximate surface area is 157 Å². The van der Waals surface area contributed by atoms with E-state index in [2.05, 4.69) is 5.32 Å². The fourth-order valence-electron chi connectivity index (χ4n) is 2.98.